The molecule has 0 spiro atoms. The summed E-state index contributed by atoms with van der Waals surface area (Å²) in [6.45, 7) is 10.2. The van der Waals surface area contributed by atoms with Crippen molar-refractivity contribution in [2.24, 2.45) is 0 Å². The highest BCUT2D eigenvalue weighted by atomic mass is 16.2. The highest BCUT2D eigenvalue weighted by Gasteiger charge is 2.25. The van der Waals surface area contributed by atoms with E-state index in [1.807, 2.05) is 74.5 Å². The van der Waals surface area contributed by atoms with E-state index in [2.05, 4.69) is 26.1 Å². The Bertz CT molecular complexity index is 1110. The van der Waals surface area contributed by atoms with Crippen LogP contribution < -0.4 is 5.32 Å². The number of nitrogens with one attached hydrogen (secondary N) is 1. The van der Waals surface area contributed by atoms with Gasteiger partial charge in [-0.1, -0.05) is 76.2 Å². The number of hydrogen-bond acceptors (Lipinski definition) is 3. The molecule has 3 aromatic rings. The Balaban J connectivity index is 1.80. The van der Waals surface area contributed by atoms with Crippen LogP contribution in [-0.2, 0) is 15.0 Å². The SMILES string of the molecule is CCC(C(=O)N(C)CC(=O)Nc1cc(C(C)(C)C)nn1-c1ccccc1C)c1ccccc1. The van der Waals surface area contributed by atoms with Gasteiger partial charge in [0.2, 0.25) is 11.8 Å². The average molecular weight is 447 g/mol. The number of aryl methyl sites for hydroxylation is 1. The van der Waals surface area contributed by atoms with Gasteiger partial charge < -0.3 is 10.2 Å². The summed E-state index contributed by atoms with van der Waals surface area (Å²) >= 11 is 0. The molecule has 0 saturated carbocycles. The number of nitrogens with zero attached hydrogens (tertiary/aromatic N) is 3. The van der Waals surface area contributed by atoms with E-state index in [1.165, 1.54) is 4.90 Å². The fourth-order valence-corrected chi connectivity index (χ4v) is 3.80. The van der Waals surface area contributed by atoms with Gasteiger partial charge in [-0.25, -0.2) is 4.68 Å². The van der Waals surface area contributed by atoms with Gasteiger partial charge in [0.15, 0.2) is 0 Å². The first-order chi connectivity index (χ1) is 15.6. The number of benzene rings is 2. The van der Waals surface area contributed by atoms with Crippen molar-refractivity contribution in [2.75, 3.05) is 18.9 Å². The van der Waals surface area contributed by atoms with Gasteiger partial charge in [-0.3, -0.25) is 9.59 Å². The van der Waals surface area contributed by atoms with E-state index in [0.717, 1.165) is 22.5 Å². The first-order valence-electron chi connectivity index (χ1n) is 11.4. The Kier molecular flexibility index (Phi) is 7.36. The quantitative estimate of drug-likeness (QED) is 0.551. The van der Waals surface area contributed by atoms with Gasteiger partial charge in [0, 0.05) is 18.5 Å². The zero-order valence-electron chi connectivity index (χ0n) is 20.4. The normalized spacial score (nSPS) is 12.3. The maximum atomic E-state index is 13.1. The van der Waals surface area contributed by atoms with Crippen molar-refractivity contribution in [3.63, 3.8) is 0 Å². The summed E-state index contributed by atoms with van der Waals surface area (Å²) in [6.07, 6.45) is 0.670. The number of para-hydroxylation sites is 1. The predicted molar refractivity (Wildman–Crippen MR) is 133 cm³/mol. The van der Waals surface area contributed by atoms with Crippen molar-refractivity contribution in [3.8, 4) is 5.69 Å². The monoisotopic (exact) mass is 446 g/mol. The molecule has 1 unspecified atom stereocenters. The van der Waals surface area contributed by atoms with Gasteiger partial charge in [-0.2, -0.15) is 5.10 Å². The first-order valence-corrected chi connectivity index (χ1v) is 11.4. The zero-order valence-corrected chi connectivity index (χ0v) is 20.4. The topological polar surface area (TPSA) is 67.2 Å². The summed E-state index contributed by atoms with van der Waals surface area (Å²) in [5, 5.41) is 7.76. The van der Waals surface area contributed by atoms with E-state index < -0.39 is 0 Å². The second kappa shape index (κ2) is 10.0. The minimum atomic E-state index is -0.269. The molecule has 1 aromatic heterocycles. The summed E-state index contributed by atoms with van der Waals surface area (Å²) in [4.78, 5) is 27.5. The molecule has 0 aliphatic carbocycles. The van der Waals surface area contributed by atoms with Crippen molar-refractivity contribution in [1.82, 2.24) is 14.7 Å². The van der Waals surface area contributed by atoms with Crippen molar-refractivity contribution < 1.29 is 9.59 Å². The lowest BCUT2D eigenvalue weighted by atomic mass is 9.92. The Hall–Kier alpha value is -3.41. The number of carbonyl (C=O) groups excluding carboxylic acids is 2. The molecule has 3 rings (SSSR count). The van der Waals surface area contributed by atoms with Crippen LogP contribution in [0.2, 0.25) is 0 Å². The lowest BCUT2D eigenvalue weighted by Crippen LogP contribution is -2.38. The lowest BCUT2D eigenvalue weighted by molar-refractivity contribution is -0.134. The van der Waals surface area contributed by atoms with Crippen LogP contribution in [0.25, 0.3) is 5.69 Å². The van der Waals surface area contributed by atoms with Gasteiger partial charge in [-0.05, 0) is 30.5 Å². The molecule has 0 saturated heterocycles. The number of anilines is 1. The zero-order chi connectivity index (χ0) is 24.2. The standard InChI is InChI=1S/C27H34N4O2/c1-7-21(20-14-9-8-10-15-20)26(33)30(6)18-25(32)28-24-17-23(27(3,4)5)29-31(24)22-16-12-11-13-19(22)2/h8-17,21H,7,18H2,1-6H3,(H,28,32). The number of rotatable bonds is 7. The van der Waals surface area contributed by atoms with E-state index in [-0.39, 0.29) is 29.7 Å². The third-order valence-corrected chi connectivity index (χ3v) is 5.75. The number of likely N-dealkylation sites (N-methyl/N-ethyl adjacent to an activating group) is 1. The minimum absolute atomic E-state index is 0.0357. The summed E-state index contributed by atoms with van der Waals surface area (Å²) < 4.78 is 1.77. The maximum Gasteiger partial charge on any atom is 0.245 e. The van der Waals surface area contributed by atoms with Gasteiger partial charge >= 0.3 is 0 Å². The van der Waals surface area contributed by atoms with E-state index >= 15 is 0 Å². The molecule has 6 nitrogen and oxygen atoms in total. The first kappa shape index (κ1) is 24.2. The molecular weight excluding hydrogens is 412 g/mol. The van der Waals surface area contributed by atoms with Crippen LogP contribution in [0.15, 0.2) is 60.7 Å². The fraction of sp³-hybridized carbons (Fsp3) is 0.370. The van der Waals surface area contributed by atoms with Crippen molar-refractivity contribution in [3.05, 3.63) is 77.5 Å². The van der Waals surface area contributed by atoms with Gasteiger partial charge in [0.25, 0.3) is 0 Å². The second-order valence-corrected chi connectivity index (χ2v) is 9.48. The van der Waals surface area contributed by atoms with Crippen molar-refractivity contribution in [2.45, 2.75) is 52.4 Å². The second-order valence-electron chi connectivity index (χ2n) is 9.48. The number of amides is 2. The molecular formula is C27H34N4O2. The highest BCUT2D eigenvalue weighted by molar-refractivity contribution is 5.95. The fourth-order valence-electron chi connectivity index (χ4n) is 3.80. The molecule has 2 aromatic carbocycles. The smallest absolute Gasteiger partial charge is 0.245 e. The number of hydrogen-bond donors (Lipinski definition) is 1. The van der Waals surface area contributed by atoms with E-state index in [1.54, 1.807) is 11.7 Å². The lowest BCUT2D eigenvalue weighted by Gasteiger charge is -2.23. The van der Waals surface area contributed by atoms with Crippen LogP contribution in [0.5, 0.6) is 0 Å². The van der Waals surface area contributed by atoms with Crippen LogP contribution in [0.1, 0.15) is 56.9 Å². The van der Waals surface area contributed by atoms with Crippen LogP contribution in [0.4, 0.5) is 5.82 Å². The molecule has 33 heavy (non-hydrogen) atoms. The van der Waals surface area contributed by atoms with Crippen molar-refractivity contribution >= 4 is 17.6 Å². The van der Waals surface area contributed by atoms with Crippen LogP contribution >= 0.6 is 0 Å². The number of carbonyl (C=O) groups is 2. The summed E-state index contributed by atoms with van der Waals surface area (Å²) in [5.74, 6) is -0.00485. The average Bonchev–Trinajstić information content (AvgIpc) is 3.19. The molecule has 1 heterocycles. The third-order valence-electron chi connectivity index (χ3n) is 5.75. The minimum Gasteiger partial charge on any atom is -0.336 e. The highest BCUT2D eigenvalue weighted by Crippen LogP contribution is 2.27. The molecule has 174 valence electrons. The molecule has 2 amide bonds. The molecule has 0 radical (unpaired) electrons. The van der Waals surface area contributed by atoms with E-state index in [4.69, 9.17) is 5.10 Å². The number of aromatic nitrogens is 2. The summed E-state index contributed by atoms with van der Waals surface area (Å²) in [6, 6.07) is 19.5. The molecule has 0 fully saturated rings. The van der Waals surface area contributed by atoms with Gasteiger partial charge in [0.1, 0.15) is 5.82 Å². The Morgan fingerprint density at radius 1 is 1.06 bits per heavy atom. The summed E-state index contributed by atoms with van der Waals surface area (Å²) in [7, 11) is 1.67. The molecule has 6 heteroatoms. The Morgan fingerprint density at radius 2 is 1.70 bits per heavy atom. The van der Waals surface area contributed by atoms with Crippen molar-refractivity contribution in [1.29, 1.82) is 0 Å². The van der Waals surface area contributed by atoms with Crippen LogP contribution in [0.3, 0.4) is 0 Å². The van der Waals surface area contributed by atoms with E-state index in [9.17, 15) is 9.59 Å². The molecule has 0 aliphatic rings. The van der Waals surface area contributed by atoms with E-state index in [0.29, 0.717) is 12.2 Å². The molecule has 0 aliphatic heterocycles. The molecule has 0 bridgehead atoms. The van der Waals surface area contributed by atoms with Crippen LogP contribution in [0, 0.1) is 6.92 Å². The summed E-state index contributed by atoms with van der Waals surface area (Å²) in [5.41, 5.74) is 3.62. The van der Waals surface area contributed by atoms with Crippen LogP contribution in [-0.4, -0.2) is 40.1 Å². The Morgan fingerprint density at radius 3 is 2.30 bits per heavy atom. The Labute approximate surface area is 196 Å². The van der Waals surface area contributed by atoms with Gasteiger partial charge in [-0.15, -0.1) is 0 Å². The molecule has 1 atom stereocenters. The predicted octanol–water partition coefficient (Wildman–Crippen LogP) is 5.07. The third kappa shape index (κ3) is 5.69. The van der Waals surface area contributed by atoms with Gasteiger partial charge in [0.05, 0.1) is 23.8 Å². The maximum absolute atomic E-state index is 13.1. The molecule has 1 N–H and O–H groups in total. The largest absolute Gasteiger partial charge is 0.336 e.